The number of carbonyl (C=O) groups excluding carboxylic acids is 2. The number of phenols is 2. The number of Topliss-reactive ketones (excluding diaryl/α,β-unsaturated/α-hetero) is 2. The molecule has 5 saturated heterocycles. The van der Waals surface area contributed by atoms with Crippen LogP contribution < -0.4 is 4.74 Å². The SMILES string of the molecule is CO[C@H](C(=O)[C@@H](O)[C@@H](C)O)[C@@H]1Cc2cc3cc(O[C@H]4C[C@@H](O[C@H]5C[C@@H](O)[C@H](O)C(C)O5)[C@H](O)C(C)O4)c(C)c(O)c3c(O)c2C(=O)[C@H]1O[C@H]1C[C@@H](O[C@H]2C[C@@H](O[C@H]3C[C@@H](O)[C@H](O)C(C)O3)[C@H](O)C(C)O2)[C@H](O)C(C)O1. The van der Waals surface area contributed by atoms with Crippen LogP contribution in [-0.4, -0.2) is 222 Å². The van der Waals surface area contributed by atoms with Gasteiger partial charge in [0.1, 0.15) is 66.1 Å². The largest absolute Gasteiger partial charge is 0.507 e. The van der Waals surface area contributed by atoms with Crippen molar-refractivity contribution in [2.75, 3.05) is 7.11 Å². The van der Waals surface area contributed by atoms with Crippen molar-refractivity contribution in [1.29, 1.82) is 0 Å². The lowest BCUT2D eigenvalue weighted by atomic mass is 9.75. The van der Waals surface area contributed by atoms with Gasteiger partial charge in [0.15, 0.2) is 36.7 Å². The standard InChI is InChI=1S/C51H74O24/c1-17-29(71-35-14-30(44(59)21(5)68-35)72-33-12-27(53)42(57)19(3)66-33)11-25-9-24-10-26(50(65-8)49(64)41(56)18(2)52)51(48(63)39(24)47(62)38(25)40(17)55)75-37-16-32(46(61)23(7)70-37)74-36-15-31(45(60)22(6)69-36)73-34-13-28(54)43(58)20(4)67-34/h9,11,18-23,26-28,30-37,41-46,50-62H,10,12-16H2,1-8H3/t18-,19?,20?,21?,22?,23?,26+,27-,28-,30-,31-,32-,33+,34+,35+,36+,37+,41+,42-,43-,44-,45-,46-,50+,51+/m1/s1. The Morgan fingerprint density at radius 1 is 0.613 bits per heavy atom. The summed E-state index contributed by atoms with van der Waals surface area (Å²) in [6.45, 7) is 10.6. The van der Waals surface area contributed by atoms with Gasteiger partial charge in [-0.3, -0.25) is 9.59 Å². The number of aliphatic hydroxyl groups is 9. The maximum atomic E-state index is 15.0. The van der Waals surface area contributed by atoms with Crippen molar-refractivity contribution in [2.45, 2.75) is 234 Å². The maximum absolute atomic E-state index is 15.0. The minimum atomic E-state index is -1.95. The molecule has 0 bridgehead atoms. The highest BCUT2D eigenvalue weighted by Crippen LogP contribution is 2.47. The number of ketones is 2. The molecular formula is C51H74O24. The predicted molar refractivity (Wildman–Crippen MR) is 254 cm³/mol. The summed E-state index contributed by atoms with van der Waals surface area (Å²) in [5.41, 5.74) is 0.0678. The van der Waals surface area contributed by atoms with Gasteiger partial charge in [-0.1, -0.05) is 0 Å². The average molecular weight is 1070 g/mol. The minimum absolute atomic E-state index is 0.0357. The lowest BCUT2D eigenvalue weighted by Gasteiger charge is -2.45. The Hall–Kier alpha value is -3.32. The number of hydrogen-bond donors (Lipinski definition) is 11. The Kier molecular flexibility index (Phi) is 18.2. The summed E-state index contributed by atoms with van der Waals surface area (Å²) in [7, 11) is 1.18. The van der Waals surface area contributed by atoms with Crippen LogP contribution in [0.4, 0.5) is 0 Å². The van der Waals surface area contributed by atoms with E-state index in [4.69, 9.17) is 52.1 Å². The molecule has 0 aromatic heterocycles. The van der Waals surface area contributed by atoms with Gasteiger partial charge in [-0.2, -0.15) is 0 Å². The number of aromatic hydroxyl groups is 2. The van der Waals surface area contributed by atoms with Crippen molar-refractivity contribution < 1.29 is 118 Å². The third-order valence-electron chi connectivity index (χ3n) is 15.5. The monoisotopic (exact) mass is 1070 g/mol. The zero-order valence-electron chi connectivity index (χ0n) is 43.1. The summed E-state index contributed by atoms with van der Waals surface area (Å²) < 4.78 is 66.3. The van der Waals surface area contributed by atoms with Crippen molar-refractivity contribution in [1.82, 2.24) is 0 Å². The summed E-state index contributed by atoms with van der Waals surface area (Å²) in [5, 5.41) is 119. The Morgan fingerprint density at radius 3 is 1.49 bits per heavy atom. The van der Waals surface area contributed by atoms with Crippen molar-refractivity contribution >= 4 is 22.3 Å². The van der Waals surface area contributed by atoms with Gasteiger partial charge in [-0.15, -0.1) is 0 Å². The highest BCUT2D eigenvalue weighted by molar-refractivity contribution is 6.11. The van der Waals surface area contributed by atoms with Gasteiger partial charge in [0, 0.05) is 50.7 Å². The predicted octanol–water partition coefficient (Wildman–Crippen LogP) is -0.639. The molecule has 11 N–H and O–H groups in total. The molecule has 0 amide bonds. The highest BCUT2D eigenvalue weighted by atomic mass is 16.7. The van der Waals surface area contributed by atoms with Crippen LogP contribution in [-0.2, 0) is 58.6 Å². The molecule has 5 heterocycles. The smallest absolute Gasteiger partial charge is 0.202 e. The highest BCUT2D eigenvalue weighted by Gasteiger charge is 2.51. The number of hydrogen-bond acceptors (Lipinski definition) is 24. The van der Waals surface area contributed by atoms with Crippen molar-refractivity contribution in [3.63, 3.8) is 0 Å². The first-order valence-electron chi connectivity index (χ1n) is 25.7. The summed E-state index contributed by atoms with van der Waals surface area (Å²) in [6, 6.07) is 3.03. The van der Waals surface area contributed by atoms with E-state index in [1.165, 1.54) is 40.0 Å². The van der Waals surface area contributed by atoms with Crippen LogP contribution in [0.1, 0.15) is 95.1 Å². The summed E-state index contributed by atoms with van der Waals surface area (Å²) >= 11 is 0. The van der Waals surface area contributed by atoms with Crippen LogP contribution in [0.25, 0.3) is 10.8 Å². The molecule has 0 spiro atoms. The molecule has 75 heavy (non-hydrogen) atoms. The van der Waals surface area contributed by atoms with Crippen LogP contribution in [0.3, 0.4) is 0 Å². The quantitative estimate of drug-likeness (QED) is 0.106. The molecular weight excluding hydrogens is 997 g/mol. The molecule has 8 rings (SSSR count). The van der Waals surface area contributed by atoms with E-state index in [1.54, 1.807) is 27.7 Å². The van der Waals surface area contributed by atoms with Crippen molar-refractivity contribution in [3.05, 3.63) is 28.8 Å². The van der Waals surface area contributed by atoms with E-state index in [0.29, 0.717) is 0 Å². The molecule has 5 fully saturated rings. The van der Waals surface area contributed by atoms with Crippen LogP contribution in [0.5, 0.6) is 17.2 Å². The van der Waals surface area contributed by atoms with E-state index in [2.05, 4.69) is 0 Å². The molecule has 25 atom stereocenters. The summed E-state index contributed by atoms with van der Waals surface area (Å²) in [6.07, 6.45) is -27.9. The zero-order valence-corrected chi connectivity index (χ0v) is 43.1. The fourth-order valence-electron chi connectivity index (χ4n) is 11.0. The molecule has 0 saturated carbocycles. The number of benzene rings is 2. The molecule has 5 aliphatic heterocycles. The van der Waals surface area contributed by atoms with Gasteiger partial charge < -0.3 is 108 Å². The third-order valence-corrected chi connectivity index (χ3v) is 15.5. The normalized spacial score (nSPS) is 41.9. The van der Waals surface area contributed by atoms with E-state index in [1.807, 2.05) is 0 Å². The van der Waals surface area contributed by atoms with Gasteiger partial charge in [0.05, 0.1) is 78.1 Å². The molecule has 24 nitrogen and oxygen atoms in total. The fourth-order valence-corrected chi connectivity index (χ4v) is 11.0. The summed E-state index contributed by atoms with van der Waals surface area (Å²) in [5.74, 6) is -4.06. The molecule has 6 aliphatic rings. The van der Waals surface area contributed by atoms with Crippen LogP contribution in [0.15, 0.2) is 12.1 Å². The third kappa shape index (κ3) is 12.0. The fraction of sp³-hybridized carbons (Fsp3) is 0.765. The topological polar surface area (TPSA) is 358 Å². The average Bonchev–Trinajstić information content (AvgIpc) is 3.34. The second kappa shape index (κ2) is 23.6. The minimum Gasteiger partial charge on any atom is -0.507 e. The summed E-state index contributed by atoms with van der Waals surface area (Å²) in [4.78, 5) is 28.9. The van der Waals surface area contributed by atoms with Gasteiger partial charge in [-0.05, 0) is 78.0 Å². The first-order valence-corrected chi connectivity index (χ1v) is 25.7. The Labute approximate surface area is 432 Å². The van der Waals surface area contributed by atoms with Gasteiger partial charge in [0.25, 0.3) is 0 Å². The maximum Gasteiger partial charge on any atom is 0.202 e. The lowest BCUT2D eigenvalue weighted by Crippen LogP contribution is -2.57. The van der Waals surface area contributed by atoms with E-state index in [0.717, 1.165) is 0 Å². The van der Waals surface area contributed by atoms with Gasteiger partial charge >= 0.3 is 0 Å². The first kappa shape index (κ1) is 57.8. The molecule has 5 unspecified atom stereocenters. The zero-order chi connectivity index (χ0) is 54.6. The van der Waals surface area contributed by atoms with E-state index in [-0.39, 0.29) is 71.7 Å². The van der Waals surface area contributed by atoms with Crippen molar-refractivity contribution in [2.24, 2.45) is 5.92 Å². The number of ether oxygens (including phenoxy) is 11. The first-order chi connectivity index (χ1) is 35.4. The second-order valence-corrected chi connectivity index (χ2v) is 21.0. The number of phenolic OH excluding ortho intramolecular Hbond substituents is 2. The van der Waals surface area contributed by atoms with E-state index < -0.39 is 176 Å². The number of rotatable bonds is 15. The number of carbonyl (C=O) groups is 2. The van der Waals surface area contributed by atoms with Crippen LogP contribution >= 0.6 is 0 Å². The van der Waals surface area contributed by atoms with E-state index >= 15 is 4.79 Å². The van der Waals surface area contributed by atoms with Crippen LogP contribution in [0.2, 0.25) is 0 Å². The molecule has 24 heteroatoms. The molecule has 2 aromatic rings. The number of aliphatic hydroxyl groups excluding tert-OH is 9. The van der Waals surface area contributed by atoms with Gasteiger partial charge in [0.2, 0.25) is 6.29 Å². The van der Waals surface area contributed by atoms with Crippen LogP contribution in [0, 0.1) is 12.8 Å². The lowest BCUT2D eigenvalue weighted by molar-refractivity contribution is -0.329. The number of fused-ring (bicyclic) bond motifs is 2. The number of methoxy groups -OCH3 is 1. The molecule has 1 aliphatic carbocycles. The molecule has 0 radical (unpaired) electrons. The van der Waals surface area contributed by atoms with Gasteiger partial charge in [-0.25, -0.2) is 0 Å². The molecule has 2 aromatic carbocycles. The second-order valence-electron chi connectivity index (χ2n) is 21.0. The molecule has 422 valence electrons. The Balaban J connectivity index is 1.04. The Bertz CT molecular complexity index is 2290. The van der Waals surface area contributed by atoms with Crippen molar-refractivity contribution in [3.8, 4) is 17.2 Å². The van der Waals surface area contributed by atoms with E-state index in [9.17, 15) is 61.0 Å². The Morgan fingerprint density at radius 2 is 1.04 bits per heavy atom.